The fourth-order valence-corrected chi connectivity index (χ4v) is 2.67. The number of nitrogen functional groups attached to an aromatic ring is 1. The third-order valence-corrected chi connectivity index (χ3v) is 3.45. The van der Waals surface area contributed by atoms with Crippen molar-refractivity contribution in [3.8, 4) is 0 Å². The van der Waals surface area contributed by atoms with E-state index in [2.05, 4.69) is 15.0 Å². The van der Waals surface area contributed by atoms with Crippen molar-refractivity contribution in [2.75, 3.05) is 11.5 Å². The summed E-state index contributed by atoms with van der Waals surface area (Å²) in [6.07, 6.45) is 5.23. The molecule has 0 aromatic carbocycles. The van der Waals surface area contributed by atoms with E-state index >= 15 is 0 Å². The molecule has 1 fully saturated rings. The third-order valence-electron chi connectivity index (χ3n) is 2.08. The molecule has 2 N–H and O–H groups in total. The van der Waals surface area contributed by atoms with E-state index in [0.717, 1.165) is 12.2 Å². The summed E-state index contributed by atoms with van der Waals surface area (Å²) in [4.78, 5) is 12.1. The molecule has 5 heteroatoms. The maximum absolute atomic E-state index is 5.49. The summed E-state index contributed by atoms with van der Waals surface area (Å²) in [7, 11) is 0. The van der Waals surface area contributed by atoms with E-state index in [1.807, 2.05) is 11.8 Å². The van der Waals surface area contributed by atoms with E-state index in [0.29, 0.717) is 11.2 Å². The van der Waals surface area contributed by atoms with E-state index < -0.39 is 0 Å². The first-order valence-electron chi connectivity index (χ1n) is 4.42. The van der Waals surface area contributed by atoms with Crippen LogP contribution in [0.1, 0.15) is 30.3 Å². The van der Waals surface area contributed by atoms with E-state index in [1.165, 1.54) is 24.9 Å². The largest absolute Gasteiger partial charge is 0.368 e. The van der Waals surface area contributed by atoms with E-state index in [-0.39, 0.29) is 0 Å². The SMILES string of the molecule is Nc1ncnc(C2CCCCS2)n1. The maximum Gasteiger partial charge on any atom is 0.223 e. The summed E-state index contributed by atoms with van der Waals surface area (Å²) in [6, 6.07) is 0. The molecule has 1 aromatic heterocycles. The first-order valence-corrected chi connectivity index (χ1v) is 5.47. The highest BCUT2D eigenvalue weighted by molar-refractivity contribution is 7.99. The minimum Gasteiger partial charge on any atom is -0.368 e. The number of rotatable bonds is 1. The Morgan fingerprint density at radius 3 is 3.00 bits per heavy atom. The van der Waals surface area contributed by atoms with Crippen LogP contribution in [0.3, 0.4) is 0 Å². The van der Waals surface area contributed by atoms with Crippen molar-refractivity contribution in [1.29, 1.82) is 0 Å². The van der Waals surface area contributed by atoms with Crippen LogP contribution in [0.25, 0.3) is 0 Å². The predicted molar refractivity (Wildman–Crippen MR) is 53.3 cm³/mol. The van der Waals surface area contributed by atoms with Crippen molar-refractivity contribution in [3.63, 3.8) is 0 Å². The van der Waals surface area contributed by atoms with Gasteiger partial charge in [-0.2, -0.15) is 16.7 Å². The Balaban J connectivity index is 2.14. The normalized spacial score (nSPS) is 22.9. The van der Waals surface area contributed by atoms with Crippen molar-refractivity contribution < 1.29 is 0 Å². The molecule has 1 atom stereocenters. The first-order chi connectivity index (χ1) is 6.36. The van der Waals surface area contributed by atoms with Gasteiger partial charge in [0.05, 0.1) is 5.25 Å². The van der Waals surface area contributed by atoms with Gasteiger partial charge in [-0.25, -0.2) is 9.97 Å². The maximum atomic E-state index is 5.49. The van der Waals surface area contributed by atoms with Gasteiger partial charge >= 0.3 is 0 Å². The zero-order chi connectivity index (χ0) is 9.10. The molecule has 1 aromatic rings. The van der Waals surface area contributed by atoms with Gasteiger partial charge in [0.2, 0.25) is 5.95 Å². The Labute approximate surface area is 81.4 Å². The van der Waals surface area contributed by atoms with Crippen LogP contribution < -0.4 is 5.73 Å². The van der Waals surface area contributed by atoms with Gasteiger partial charge in [-0.3, -0.25) is 0 Å². The molecule has 1 aliphatic rings. The second kappa shape index (κ2) is 3.91. The second-order valence-electron chi connectivity index (χ2n) is 3.06. The van der Waals surface area contributed by atoms with Crippen LogP contribution >= 0.6 is 11.8 Å². The molecule has 0 amide bonds. The molecule has 0 aliphatic carbocycles. The lowest BCUT2D eigenvalue weighted by Crippen LogP contribution is -2.08. The highest BCUT2D eigenvalue weighted by Gasteiger charge is 2.18. The van der Waals surface area contributed by atoms with E-state index in [1.54, 1.807) is 0 Å². The number of hydrogen-bond donors (Lipinski definition) is 1. The van der Waals surface area contributed by atoms with Crippen LogP contribution in [0.4, 0.5) is 5.95 Å². The Bertz CT molecular complexity index is 285. The quantitative estimate of drug-likeness (QED) is 0.735. The van der Waals surface area contributed by atoms with Gasteiger partial charge in [-0.15, -0.1) is 0 Å². The van der Waals surface area contributed by atoms with Gasteiger partial charge < -0.3 is 5.73 Å². The number of aromatic nitrogens is 3. The Hall–Kier alpha value is -0.840. The Morgan fingerprint density at radius 1 is 1.38 bits per heavy atom. The van der Waals surface area contributed by atoms with Crippen molar-refractivity contribution in [2.24, 2.45) is 0 Å². The molecule has 2 heterocycles. The summed E-state index contributed by atoms with van der Waals surface area (Å²) < 4.78 is 0. The van der Waals surface area contributed by atoms with Gasteiger partial charge in [0.15, 0.2) is 0 Å². The van der Waals surface area contributed by atoms with Gasteiger partial charge in [0.25, 0.3) is 0 Å². The molecule has 1 saturated heterocycles. The average Bonchev–Trinajstić information content (AvgIpc) is 2.19. The second-order valence-corrected chi connectivity index (χ2v) is 4.37. The van der Waals surface area contributed by atoms with Crippen molar-refractivity contribution in [1.82, 2.24) is 15.0 Å². The zero-order valence-corrected chi connectivity index (χ0v) is 8.13. The average molecular weight is 196 g/mol. The monoisotopic (exact) mass is 196 g/mol. The number of nitrogens with two attached hydrogens (primary N) is 1. The minimum absolute atomic E-state index is 0.330. The molecular formula is C8H12N4S. The predicted octanol–water partition coefficient (Wildman–Crippen LogP) is 1.41. The van der Waals surface area contributed by atoms with Crippen LogP contribution in [-0.2, 0) is 0 Å². The minimum atomic E-state index is 0.330. The Morgan fingerprint density at radius 2 is 2.31 bits per heavy atom. The van der Waals surface area contributed by atoms with Crippen LogP contribution in [0.2, 0.25) is 0 Å². The standard InChI is InChI=1S/C8H12N4S/c9-8-11-5-10-7(12-8)6-3-1-2-4-13-6/h5-6H,1-4H2,(H2,9,10,11,12). The summed E-state index contributed by atoms with van der Waals surface area (Å²) in [5, 5.41) is 0.430. The number of anilines is 1. The van der Waals surface area contributed by atoms with Crippen LogP contribution in [0.15, 0.2) is 6.33 Å². The zero-order valence-electron chi connectivity index (χ0n) is 7.31. The molecule has 0 bridgehead atoms. The molecule has 0 radical (unpaired) electrons. The smallest absolute Gasteiger partial charge is 0.223 e. The molecule has 0 spiro atoms. The van der Waals surface area contributed by atoms with Crippen molar-refractivity contribution >= 4 is 17.7 Å². The lowest BCUT2D eigenvalue weighted by molar-refractivity contribution is 0.660. The lowest BCUT2D eigenvalue weighted by Gasteiger charge is -2.19. The van der Waals surface area contributed by atoms with Gasteiger partial charge in [0.1, 0.15) is 12.2 Å². The van der Waals surface area contributed by atoms with Gasteiger partial charge in [-0.1, -0.05) is 6.42 Å². The lowest BCUT2D eigenvalue weighted by atomic mass is 10.2. The number of hydrogen-bond acceptors (Lipinski definition) is 5. The van der Waals surface area contributed by atoms with E-state index in [9.17, 15) is 0 Å². The highest BCUT2D eigenvalue weighted by Crippen LogP contribution is 2.36. The fraction of sp³-hybridized carbons (Fsp3) is 0.625. The highest BCUT2D eigenvalue weighted by atomic mass is 32.2. The summed E-state index contributed by atoms with van der Waals surface area (Å²) in [6.45, 7) is 0. The summed E-state index contributed by atoms with van der Waals surface area (Å²) >= 11 is 1.92. The van der Waals surface area contributed by atoms with Crippen LogP contribution in [0.5, 0.6) is 0 Å². The Kier molecular flexibility index (Phi) is 2.63. The van der Waals surface area contributed by atoms with Crippen molar-refractivity contribution in [3.05, 3.63) is 12.2 Å². The van der Waals surface area contributed by atoms with Gasteiger partial charge in [-0.05, 0) is 18.6 Å². The summed E-state index contributed by atoms with van der Waals surface area (Å²) in [5.41, 5.74) is 5.49. The van der Waals surface area contributed by atoms with Crippen LogP contribution in [-0.4, -0.2) is 20.7 Å². The van der Waals surface area contributed by atoms with E-state index in [4.69, 9.17) is 5.73 Å². The van der Waals surface area contributed by atoms with Crippen molar-refractivity contribution in [2.45, 2.75) is 24.5 Å². The molecule has 4 nitrogen and oxygen atoms in total. The molecule has 1 unspecified atom stereocenters. The topological polar surface area (TPSA) is 64.7 Å². The molecule has 0 saturated carbocycles. The number of thioether (sulfide) groups is 1. The molecule has 1 aliphatic heterocycles. The first kappa shape index (κ1) is 8.74. The fourth-order valence-electron chi connectivity index (χ4n) is 1.42. The molecule has 2 rings (SSSR count). The number of nitrogens with zero attached hydrogens (tertiary/aromatic N) is 3. The van der Waals surface area contributed by atoms with Crippen LogP contribution in [0, 0.1) is 0 Å². The molecular weight excluding hydrogens is 184 g/mol. The molecule has 13 heavy (non-hydrogen) atoms. The molecule has 70 valence electrons. The summed E-state index contributed by atoms with van der Waals surface area (Å²) in [5.74, 6) is 2.38. The van der Waals surface area contributed by atoms with Gasteiger partial charge in [0, 0.05) is 0 Å². The third kappa shape index (κ3) is 2.09.